The van der Waals surface area contributed by atoms with Gasteiger partial charge in [0.05, 0.1) is 12.2 Å². The van der Waals surface area contributed by atoms with E-state index in [1.807, 2.05) is 11.7 Å². The molecule has 2 rings (SSSR count). The molecule has 0 radical (unpaired) electrons. The van der Waals surface area contributed by atoms with Gasteiger partial charge in [-0.05, 0) is 46.7 Å². The van der Waals surface area contributed by atoms with E-state index < -0.39 is 0 Å². The van der Waals surface area contributed by atoms with Gasteiger partial charge in [0.2, 0.25) is 0 Å². The minimum Gasteiger partial charge on any atom is -0.357 e. The zero-order valence-corrected chi connectivity index (χ0v) is 16.3. The highest BCUT2D eigenvalue weighted by Gasteiger charge is 2.25. The first-order valence-corrected chi connectivity index (χ1v) is 9.20. The van der Waals surface area contributed by atoms with Crippen LogP contribution in [0.15, 0.2) is 4.99 Å². The Morgan fingerprint density at radius 3 is 2.71 bits per heavy atom. The molecule has 24 heavy (non-hydrogen) atoms. The number of rotatable bonds is 6. The molecule has 0 saturated carbocycles. The van der Waals surface area contributed by atoms with Crippen molar-refractivity contribution in [3.63, 3.8) is 0 Å². The maximum atomic E-state index is 4.87. The lowest BCUT2D eigenvalue weighted by atomic mass is 10.2. The van der Waals surface area contributed by atoms with Gasteiger partial charge in [0.1, 0.15) is 0 Å². The van der Waals surface area contributed by atoms with Crippen LogP contribution in [0.3, 0.4) is 0 Å². The average Bonchev–Trinajstić information content (AvgIpc) is 3.09. The molecule has 0 aromatic carbocycles. The second-order valence-corrected chi connectivity index (χ2v) is 6.75. The average molecular weight is 335 g/mol. The highest BCUT2D eigenvalue weighted by molar-refractivity contribution is 5.79. The highest BCUT2D eigenvalue weighted by atomic mass is 15.3. The molecule has 136 valence electrons. The van der Waals surface area contributed by atoms with E-state index in [1.54, 1.807) is 0 Å². The number of guanidine groups is 1. The molecule has 1 saturated heterocycles. The normalized spacial score (nSPS) is 19.1. The molecule has 0 amide bonds. The maximum Gasteiger partial charge on any atom is 0.194 e. The number of aryl methyl sites for hydroxylation is 2. The fraction of sp³-hybridized carbons (Fsp3) is 0.778. The number of nitrogens with zero attached hydrogens (tertiary/aromatic N) is 5. The Hall–Kier alpha value is -1.56. The summed E-state index contributed by atoms with van der Waals surface area (Å²) in [6.07, 6.45) is 2.60. The zero-order chi connectivity index (χ0) is 17.7. The van der Waals surface area contributed by atoms with E-state index in [2.05, 4.69) is 55.0 Å². The second-order valence-electron chi connectivity index (χ2n) is 6.75. The van der Waals surface area contributed by atoms with Gasteiger partial charge in [-0.15, -0.1) is 0 Å². The summed E-state index contributed by atoms with van der Waals surface area (Å²) in [7, 11) is 4.14. The lowest BCUT2D eigenvalue weighted by molar-refractivity contribution is 0.232. The van der Waals surface area contributed by atoms with Crippen molar-refractivity contribution in [2.24, 2.45) is 12.0 Å². The molecule has 1 atom stereocenters. The van der Waals surface area contributed by atoms with Crippen LogP contribution in [-0.2, 0) is 13.6 Å². The van der Waals surface area contributed by atoms with Gasteiger partial charge >= 0.3 is 0 Å². The molecule has 1 fully saturated rings. The summed E-state index contributed by atoms with van der Waals surface area (Å²) in [5, 5.41) is 7.93. The number of likely N-dealkylation sites (N-methyl/N-ethyl adjacent to an activating group) is 2. The molecular formula is C18H34N6. The summed E-state index contributed by atoms with van der Waals surface area (Å²) >= 11 is 0. The Balaban J connectivity index is 2.06. The van der Waals surface area contributed by atoms with Crippen LogP contribution in [0, 0.1) is 13.8 Å². The smallest absolute Gasteiger partial charge is 0.194 e. The molecule has 6 nitrogen and oxygen atoms in total. The largest absolute Gasteiger partial charge is 0.357 e. The third-order valence-corrected chi connectivity index (χ3v) is 5.13. The minimum absolute atomic E-state index is 0.644. The molecular weight excluding hydrogens is 300 g/mol. The molecule has 0 spiro atoms. The predicted molar refractivity (Wildman–Crippen MR) is 100 cm³/mol. The fourth-order valence-electron chi connectivity index (χ4n) is 3.59. The van der Waals surface area contributed by atoms with Crippen molar-refractivity contribution in [1.82, 2.24) is 24.9 Å². The van der Waals surface area contributed by atoms with Gasteiger partial charge in [-0.3, -0.25) is 9.58 Å². The van der Waals surface area contributed by atoms with E-state index in [0.29, 0.717) is 12.6 Å². The molecule has 6 heteroatoms. The Kier molecular flexibility index (Phi) is 6.66. The molecule has 1 aromatic heterocycles. The Bertz CT molecular complexity index is 562. The van der Waals surface area contributed by atoms with E-state index in [-0.39, 0.29) is 0 Å². The maximum absolute atomic E-state index is 4.87. The summed E-state index contributed by atoms with van der Waals surface area (Å²) in [6, 6.07) is 0.644. The second kappa shape index (κ2) is 8.51. The van der Waals surface area contributed by atoms with Crippen LogP contribution in [0.25, 0.3) is 0 Å². The first-order valence-electron chi connectivity index (χ1n) is 9.20. The number of hydrogen-bond donors (Lipinski definition) is 1. The number of nitrogens with one attached hydrogen (secondary N) is 1. The summed E-state index contributed by atoms with van der Waals surface area (Å²) in [6.45, 7) is 13.5. The van der Waals surface area contributed by atoms with Crippen LogP contribution in [0.1, 0.15) is 43.6 Å². The standard InChI is InChI=1S/C18H34N6/c1-7-19-18(20-12-17-14(3)21-23(6)15(17)4)22(5)13-16-10-9-11-24(16)8-2/h16H,7-13H2,1-6H3,(H,19,20). The molecule has 1 aliphatic rings. The topological polar surface area (TPSA) is 48.7 Å². The van der Waals surface area contributed by atoms with Crippen molar-refractivity contribution in [3.05, 3.63) is 17.0 Å². The lowest BCUT2D eigenvalue weighted by Gasteiger charge is -2.29. The monoisotopic (exact) mass is 334 g/mol. The van der Waals surface area contributed by atoms with Crippen LogP contribution in [0.4, 0.5) is 0 Å². The van der Waals surface area contributed by atoms with Gasteiger partial charge in [0.15, 0.2) is 5.96 Å². The van der Waals surface area contributed by atoms with Gasteiger partial charge < -0.3 is 10.2 Å². The van der Waals surface area contributed by atoms with Crippen LogP contribution >= 0.6 is 0 Å². The quantitative estimate of drug-likeness (QED) is 0.638. The Labute approximate surface area is 146 Å². The van der Waals surface area contributed by atoms with Crippen molar-refractivity contribution in [3.8, 4) is 0 Å². The number of likely N-dealkylation sites (tertiary alicyclic amines) is 1. The van der Waals surface area contributed by atoms with Crippen molar-refractivity contribution in [1.29, 1.82) is 0 Å². The van der Waals surface area contributed by atoms with Crippen molar-refractivity contribution in [2.75, 3.05) is 33.2 Å². The molecule has 0 bridgehead atoms. The van der Waals surface area contributed by atoms with Crippen molar-refractivity contribution < 1.29 is 0 Å². The molecule has 1 aromatic rings. The van der Waals surface area contributed by atoms with E-state index in [0.717, 1.165) is 31.3 Å². The van der Waals surface area contributed by atoms with Gasteiger partial charge in [-0.1, -0.05) is 6.92 Å². The third-order valence-electron chi connectivity index (χ3n) is 5.13. The van der Waals surface area contributed by atoms with Gasteiger partial charge in [-0.25, -0.2) is 4.99 Å². The van der Waals surface area contributed by atoms with Crippen molar-refractivity contribution in [2.45, 2.75) is 53.1 Å². The summed E-state index contributed by atoms with van der Waals surface area (Å²) in [5.41, 5.74) is 3.50. The van der Waals surface area contributed by atoms with E-state index in [1.165, 1.54) is 30.6 Å². The third kappa shape index (κ3) is 4.29. The van der Waals surface area contributed by atoms with Crippen LogP contribution in [-0.4, -0.2) is 64.8 Å². The number of aliphatic imine (C=N–C) groups is 1. The fourth-order valence-corrected chi connectivity index (χ4v) is 3.59. The minimum atomic E-state index is 0.644. The van der Waals surface area contributed by atoms with E-state index in [4.69, 9.17) is 4.99 Å². The summed E-state index contributed by atoms with van der Waals surface area (Å²) < 4.78 is 1.94. The number of aromatic nitrogens is 2. The molecule has 2 heterocycles. The number of hydrogen-bond acceptors (Lipinski definition) is 3. The van der Waals surface area contributed by atoms with Crippen molar-refractivity contribution >= 4 is 5.96 Å². The van der Waals surface area contributed by atoms with E-state index >= 15 is 0 Å². The zero-order valence-electron chi connectivity index (χ0n) is 16.3. The van der Waals surface area contributed by atoms with Crippen LogP contribution in [0.2, 0.25) is 0 Å². The first kappa shape index (κ1) is 18.8. The Morgan fingerprint density at radius 1 is 1.38 bits per heavy atom. The SMILES string of the molecule is CCNC(=NCc1c(C)nn(C)c1C)N(C)CC1CCCN1CC. The van der Waals surface area contributed by atoms with Gasteiger partial charge in [-0.2, -0.15) is 5.10 Å². The predicted octanol–water partition coefficient (Wildman–Crippen LogP) is 1.92. The molecule has 1 aliphatic heterocycles. The molecule has 1 N–H and O–H groups in total. The highest BCUT2D eigenvalue weighted by Crippen LogP contribution is 2.17. The van der Waals surface area contributed by atoms with Crippen LogP contribution < -0.4 is 5.32 Å². The van der Waals surface area contributed by atoms with Gasteiger partial charge in [0.25, 0.3) is 0 Å². The van der Waals surface area contributed by atoms with Gasteiger partial charge in [0, 0.05) is 44.5 Å². The lowest BCUT2D eigenvalue weighted by Crippen LogP contribution is -2.45. The first-order chi connectivity index (χ1) is 11.5. The summed E-state index contributed by atoms with van der Waals surface area (Å²) in [4.78, 5) is 9.73. The Morgan fingerprint density at radius 2 is 2.12 bits per heavy atom. The molecule has 1 unspecified atom stereocenters. The summed E-state index contributed by atoms with van der Waals surface area (Å²) in [5.74, 6) is 0.989. The van der Waals surface area contributed by atoms with Crippen LogP contribution in [0.5, 0.6) is 0 Å². The van der Waals surface area contributed by atoms with E-state index in [9.17, 15) is 0 Å². The molecule has 0 aliphatic carbocycles.